The smallest absolute Gasteiger partial charge is 0.341 e. The number of carbonyl (C=O) groups excluding carboxylic acids is 3. The Morgan fingerprint density at radius 3 is 2.67 bits per heavy atom. The molecule has 9 nitrogen and oxygen atoms in total. The molecule has 0 aliphatic carbocycles. The zero-order chi connectivity index (χ0) is 26.1. The van der Waals surface area contributed by atoms with Crippen LogP contribution in [0.3, 0.4) is 0 Å². The van der Waals surface area contributed by atoms with Crippen molar-refractivity contribution in [3.05, 3.63) is 33.9 Å². The summed E-state index contributed by atoms with van der Waals surface area (Å²) in [6, 6.07) is 0. The van der Waals surface area contributed by atoms with E-state index in [4.69, 9.17) is 18.9 Å². The fourth-order valence-corrected chi connectivity index (χ4v) is 4.41. The number of methoxy groups -OCH3 is 1. The van der Waals surface area contributed by atoms with Gasteiger partial charge in [0.1, 0.15) is 12.4 Å². The Morgan fingerprint density at radius 2 is 1.97 bits per heavy atom. The molecule has 0 unspecified atom stereocenters. The number of hydrogen-bond donors (Lipinski definition) is 1. The van der Waals surface area contributed by atoms with Crippen LogP contribution in [0.5, 0.6) is 5.75 Å². The number of halogens is 1. The monoisotopic (exact) mass is 506 g/mol. The van der Waals surface area contributed by atoms with Gasteiger partial charge < -0.3 is 24.3 Å². The molecule has 0 saturated carbocycles. The Bertz CT molecular complexity index is 1000. The van der Waals surface area contributed by atoms with Gasteiger partial charge in [-0.15, -0.1) is 0 Å². The highest BCUT2D eigenvalue weighted by Gasteiger charge is 2.32. The largest absolute Gasteiger partial charge is 0.496 e. The third-order valence-electron chi connectivity index (χ3n) is 6.43. The van der Waals surface area contributed by atoms with Crippen LogP contribution in [0.15, 0.2) is 11.6 Å². The lowest BCUT2D eigenvalue weighted by Gasteiger charge is -2.26. The predicted octanol–water partition coefficient (Wildman–Crippen LogP) is 3.12. The zero-order valence-corrected chi connectivity index (χ0v) is 21.2. The second-order valence-electron chi connectivity index (χ2n) is 8.91. The van der Waals surface area contributed by atoms with Gasteiger partial charge in [0.05, 0.1) is 38.2 Å². The number of morpholine rings is 1. The number of amides is 1. The number of nitrogens with one attached hydrogen (secondary N) is 1. The van der Waals surface area contributed by atoms with Crippen molar-refractivity contribution >= 4 is 23.5 Å². The van der Waals surface area contributed by atoms with Gasteiger partial charge in [-0.3, -0.25) is 14.5 Å². The molecule has 2 aliphatic rings. The molecular weight excluding hydrogens is 471 g/mol. The second kappa shape index (κ2) is 13.4. The first kappa shape index (κ1) is 27.6. The van der Waals surface area contributed by atoms with E-state index in [0.717, 1.165) is 50.4 Å². The van der Waals surface area contributed by atoms with Crippen LogP contribution in [0.25, 0.3) is 0 Å². The molecule has 0 radical (unpaired) electrons. The lowest BCUT2D eigenvalue weighted by atomic mass is 9.93. The van der Waals surface area contributed by atoms with E-state index < -0.39 is 18.6 Å². The van der Waals surface area contributed by atoms with Crippen LogP contribution < -0.4 is 10.1 Å². The van der Waals surface area contributed by atoms with Crippen molar-refractivity contribution in [3.63, 3.8) is 0 Å². The van der Waals surface area contributed by atoms with E-state index in [2.05, 4.69) is 10.2 Å². The molecule has 0 aromatic heterocycles. The van der Waals surface area contributed by atoms with Crippen molar-refractivity contribution in [2.24, 2.45) is 0 Å². The van der Waals surface area contributed by atoms with E-state index in [9.17, 15) is 18.8 Å². The number of esters is 2. The Balaban J connectivity index is 1.61. The van der Waals surface area contributed by atoms with Crippen LogP contribution >= 0.6 is 0 Å². The maximum absolute atomic E-state index is 13.0. The van der Waals surface area contributed by atoms with Crippen LogP contribution in [-0.4, -0.2) is 76.0 Å². The van der Waals surface area contributed by atoms with Gasteiger partial charge in [0.15, 0.2) is 6.67 Å². The van der Waals surface area contributed by atoms with Gasteiger partial charge in [-0.2, -0.15) is 0 Å². The number of nitrogens with zero attached hydrogens (tertiary/aromatic N) is 1. The highest BCUT2D eigenvalue weighted by molar-refractivity contribution is 6.06. The fraction of sp³-hybridized carbons (Fsp3) is 0.577. The topological polar surface area (TPSA) is 103 Å². The normalized spacial score (nSPS) is 15.9. The first-order valence-electron chi connectivity index (χ1n) is 12.2. The summed E-state index contributed by atoms with van der Waals surface area (Å²) in [7, 11) is 1.50. The number of cyclic esters (lactones) is 1. The summed E-state index contributed by atoms with van der Waals surface area (Å²) in [5.41, 5.74) is 3.29. The minimum absolute atomic E-state index is 0.0680. The number of allylic oxidation sites excluding steroid dienone is 2. The molecular formula is C26H35FN2O7. The van der Waals surface area contributed by atoms with E-state index in [0.29, 0.717) is 36.3 Å². The number of hydrogen-bond acceptors (Lipinski definition) is 8. The van der Waals surface area contributed by atoms with E-state index >= 15 is 0 Å². The summed E-state index contributed by atoms with van der Waals surface area (Å²) in [6.07, 6.45) is 3.75. The van der Waals surface area contributed by atoms with E-state index in [1.165, 1.54) is 7.11 Å². The molecule has 3 rings (SSSR count). The van der Waals surface area contributed by atoms with E-state index in [1.54, 1.807) is 0 Å². The molecule has 36 heavy (non-hydrogen) atoms. The van der Waals surface area contributed by atoms with Gasteiger partial charge in [0, 0.05) is 37.2 Å². The number of ether oxygens (including phenoxy) is 4. The average molecular weight is 507 g/mol. The summed E-state index contributed by atoms with van der Waals surface area (Å²) in [4.78, 5) is 38.7. The van der Waals surface area contributed by atoms with Crippen LogP contribution in [0.4, 0.5) is 10.1 Å². The quantitative estimate of drug-likeness (QED) is 0.262. The number of carbonyl (C=O) groups is 3. The Kier molecular flexibility index (Phi) is 10.2. The molecule has 1 N–H and O–H groups in total. The van der Waals surface area contributed by atoms with Crippen molar-refractivity contribution in [3.8, 4) is 5.75 Å². The molecule has 198 valence electrons. The summed E-state index contributed by atoms with van der Waals surface area (Å²) < 4.78 is 34.4. The summed E-state index contributed by atoms with van der Waals surface area (Å²) in [6.45, 7) is 7.14. The molecule has 1 saturated heterocycles. The highest BCUT2D eigenvalue weighted by Crippen LogP contribution is 2.41. The lowest BCUT2D eigenvalue weighted by molar-refractivity contribution is -0.143. The van der Waals surface area contributed by atoms with Crippen LogP contribution in [0.1, 0.15) is 53.2 Å². The molecule has 0 bridgehead atoms. The maximum atomic E-state index is 13.0. The van der Waals surface area contributed by atoms with E-state index in [-0.39, 0.29) is 30.2 Å². The third-order valence-corrected chi connectivity index (χ3v) is 6.43. The highest BCUT2D eigenvalue weighted by atomic mass is 19.1. The number of fused-ring (bicyclic) bond motifs is 1. The molecule has 1 fully saturated rings. The maximum Gasteiger partial charge on any atom is 0.341 e. The van der Waals surface area contributed by atoms with Gasteiger partial charge in [0.25, 0.3) is 5.91 Å². The van der Waals surface area contributed by atoms with Gasteiger partial charge in [-0.1, -0.05) is 11.6 Å². The van der Waals surface area contributed by atoms with Crippen molar-refractivity contribution < 1.29 is 37.7 Å². The molecule has 2 heterocycles. The van der Waals surface area contributed by atoms with Crippen LogP contribution in [0.2, 0.25) is 0 Å². The minimum atomic E-state index is -1.22. The van der Waals surface area contributed by atoms with Gasteiger partial charge in [-0.25, -0.2) is 9.18 Å². The van der Waals surface area contributed by atoms with Gasteiger partial charge in [0.2, 0.25) is 0 Å². The molecule has 1 aromatic carbocycles. The van der Waals surface area contributed by atoms with E-state index in [1.807, 2.05) is 19.9 Å². The van der Waals surface area contributed by atoms with Crippen LogP contribution in [0, 0.1) is 6.92 Å². The standard InChI is InChI=1S/C26H35FN2O7/c1-17(6-8-22(31)35-12-4-9-29-10-13-34-14-11-29)5-7-19-24(28-21(30)15-27)23-20(16-36-26(23)32)18(2)25(19)33-3/h5H,4,6-16H2,1-3H3,(H,28,30). The lowest BCUT2D eigenvalue weighted by Crippen LogP contribution is -2.37. The summed E-state index contributed by atoms with van der Waals surface area (Å²) in [5, 5.41) is 2.51. The molecule has 1 amide bonds. The first-order valence-corrected chi connectivity index (χ1v) is 12.2. The van der Waals surface area contributed by atoms with Crippen molar-refractivity contribution in [1.82, 2.24) is 4.90 Å². The van der Waals surface area contributed by atoms with Crippen molar-refractivity contribution in [2.75, 3.05) is 58.6 Å². The second-order valence-corrected chi connectivity index (χ2v) is 8.91. The van der Waals surface area contributed by atoms with Gasteiger partial charge in [-0.05, 0) is 38.7 Å². The first-order chi connectivity index (χ1) is 17.3. The number of anilines is 1. The number of alkyl halides is 1. The molecule has 2 aliphatic heterocycles. The summed E-state index contributed by atoms with van der Waals surface area (Å²) >= 11 is 0. The minimum Gasteiger partial charge on any atom is -0.496 e. The third kappa shape index (κ3) is 7.04. The predicted molar refractivity (Wildman–Crippen MR) is 131 cm³/mol. The Hall–Kier alpha value is -2.98. The number of benzene rings is 1. The van der Waals surface area contributed by atoms with Crippen LogP contribution in [-0.2, 0) is 36.8 Å². The molecule has 1 aromatic rings. The van der Waals surface area contributed by atoms with Crippen molar-refractivity contribution in [1.29, 1.82) is 0 Å². The summed E-state index contributed by atoms with van der Waals surface area (Å²) in [5.74, 6) is -1.18. The fourth-order valence-electron chi connectivity index (χ4n) is 4.41. The molecule has 0 atom stereocenters. The Labute approximate surface area is 210 Å². The molecule has 0 spiro atoms. The molecule has 10 heteroatoms. The van der Waals surface area contributed by atoms with Crippen molar-refractivity contribution in [2.45, 2.75) is 46.1 Å². The zero-order valence-electron chi connectivity index (χ0n) is 21.2. The van der Waals surface area contributed by atoms with Gasteiger partial charge >= 0.3 is 11.9 Å². The Morgan fingerprint density at radius 1 is 1.22 bits per heavy atom. The number of rotatable bonds is 12. The SMILES string of the molecule is COc1c(C)c2c(c(NC(=O)CF)c1CC=C(C)CCC(=O)OCCCN1CCOCC1)C(=O)OC2. The average Bonchev–Trinajstić information content (AvgIpc) is 3.28.